The van der Waals surface area contributed by atoms with Crippen LogP contribution >= 0.6 is 0 Å². The molecular weight excluding hydrogens is 342 g/mol. The molecule has 1 heterocycles. The van der Waals surface area contributed by atoms with Gasteiger partial charge in [0.25, 0.3) is 5.88 Å². The van der Waals surface area contributed by atoms with Crippen LogP contribution in [-0.4, -0.2) is 17.5 Å². The second-order valence-corrected chi connectivity index (χ2v) is 5.19. The molecule has 0 saturated heterocycles. The van der Waals surface area contributed by atoms with Gasteiger partial charge in [-0.05, 0) is 17.7 Å². The third kappa shape index (κ3) is 5.07. The predicted octanol–water partition coefficient (Wildman–Crippen LogP) is 3.40. The number of nitrogens with two attached hydrogens (primary N) is 1. The number of nitrogens with zero attached hydrogens (tertiary/aromatic N) is 1. The Morgan fingerprint density at radius 1 is 1.28 bits per heavy atom. The molecule has 9 heteroatoms. The van der Waals surface area contributed by atoms with Gasteiger partial charge in [-0.1, -0.05) is 12.1 Å². The molecule has 0 aliphatic carbocycles. The van der Waals surface area contributed by atoms with Gasteiger partial charge in [0, 0.05) is 19.4 Å². The number of rotatable bonds is 5. The molecule has 25 heavy (non-hydrogen) atoms. The molecule has 0 radical (unpaired) electrons. The fourth-order valence-electron chi connectivity index (χ4n) is 1.98. The van der Waals surface area contributed by atoms with Crippen molar-refractivity contribution in [1.29, 1.82) is 0 Å². The van der Waals surface area contributed by atoms with E-state index in [-0.39, 0.29) is 30.4 Å². The zero-order chi connectivity index (χ0) is 18.6. The largest absolute Gasteiger partial charge is 0.475 e. The first-order valence-corrected chi connectivity index (χ1v) is 7.19. The van der Waals surface area contributed by atoms with E-state index in [4.69, 9.17) is 10.5 Å². The van der Waals surface area contributed by atoms with E-state index >= 15 is 0 Å². The number of benzene rings is 1. The van der Waals surface area contributed by atoms with E-state index in [1.54, 1.807) is 0 Å². The molecule has 0 saturated carbocycles. The molecule has 0 fully saturated rings. The lowest BCUT2D eigenvalue weighted by Crippen LogP contribution is -2.12. The first-order valence-electron chi connectivity index (χ1n) is 7.19. The summed E-state index contributed by atoms with van der Waals surface area (Å²) in [6, 6.07) is 5.54. The van der Waals surface area contributed by atoms with E-state index in [0.717, 1.165) is 18.2 Å². The molecule has 0 aliphatic rings. The zero-order valence-electron chi connectivity index (χ0n) is 13.2. The molecule has 5 nitrogen and oxygen atoms in total. The van der Waals surface area contributed by atoms with Crippen LogP contribution in [0.3, 0.4) is 0 Å². The Hall–Kier alpha value is -2.84. The van der Waals surface area contributed by atoms with E-state index in [1.165, 1.54) is 19.1 Å². The summed E-state index contributed by atoms with van der Waals surface area (Å²) >= 11 is 0. The van der Waals surface area contributed by atoms with Crippen molar-refractivity contribution >= 4 is 17.4 Å². The third-order valence-electron chi connectivity index (χ3n) is 3.18. The molecule has 1 amide bonds. The highest BCUT2D eigenvalue weighted by molar-refractivity contribution is 5.90. The van der Waals surface area contributed by atoms with Gasteiger partial charge in [0.1, 0.15) is 0 Å². The van der Waals surface area contributed by atoms with Gasteiger partial charge in [-0.2, -0.15) is 18.2 Å². The second kappa shape index (κ2) is 7.37. The highest BCUT2D eigenvalue weighted by Gasteiger charge is 2.29. The van der Waals surface area contributed by atoms with Crippen molar-refractivity contribution in [2.24, 2.45) is 0 Å². The maximum absolute atomic E-state index is 13.8. The smallest absolute Gasteiger partial charge is 0.416 e. The lowest BCUT2D eigenvalue weighted by atomic mass is 10.1. The fourth-order valence-corrected chi connectivity index (χ4v) is 1.98. The Bertz CT molecular complexity index is 761. The monoisotopic (exact) mass is 357 g/mol. The average molecular weight is 357 g/mol. The Balaban J connectivity index is 2.00. The molecule has 3 N–H and O–H groups in total. The minimum Gasteiger partial charge on any atom is -0.475 e. The number of nitrogen functional groups attached to an aromatic ring is 1. The van der Waals surface area contributed by atoms with Crippen molar-refractivity contribution in [3.8, 4) is 5.88 Å². The Morgan fingerprint density at radius 2 is 1.92 bits per heavy atom. The highest BCUT2D eigenvalue weighted by Crippen LogP contribution is 2.29. The molecule has 0 spiro atoms. The van der Waals surface area contributed by atoms with Crippen molar-refractivity contribution in [3.05, 3.63) is 47.3 Å². The quantitative estimate of drug-likeness (QED) is 0.804. The number of hydrogen-bond donors (Lipinski definition) is 2. The SMILES string of the molecule is CC(=O)Nc1nc(OCCc2ccc(C(F)(F)F)cc2)c(F)cc1N. The van der Waals surface area contributed by atoms with Crippen molar-refractivity contribution in [2.45, 2.75) is 19.5 Å². The summed E-state index contributed by atoms with van der Waals surface area (Å²) in [5, 5.41) is 2.34. The van der Waals surface area contributed by atoms with Crippen molar-refractivity contribution in [3.63, 3.8) is 0 Å². The molecule has 0 atom stereocenters. The number of carbonyl (C=O) groups excluding carboxylic acids is 1. The normalized spacial score (nSPS) is 11.2. The van der Waals surface area contributed by atoms with Gasteiger partial charge in [-0.3, -0.25) is 4.79 Å². The lowest BCUT2D eigenvalue weighted by molar-refractivity contribution is -0.137. The van der Waals surface area contributed by atoms with Gasteiger partial charge in [0.05, 0.1) is 17.9 Å². The van der Waals surface area contributed by atoms with Crippen LogP contribution in [0.25, 0.3) is 0 Å². The van der Waals surface area contributed by atoms with E-state index in [0.29, 0.717) is 5.56 Å². The number of nitrogens with one attached hydrogen (secondary N) is 1. The van der Waals surface area contributed by atoms with E-state index in [9.17, 15) is 22.4 Å². The van der Waals surface area contributed by atoms with Gasteiger partial charge >= 0.3 is 6.18 Å². The molecule has 2 rings (SSSR count). The summed E-state index contributed by atoms with van der Waals surface area (Å²) in [5.74, 6) is -1.62. The average Bonchev–Trinajstić information content (AvgIpc) is 2.51. The number of aromatic nitrogens is 1. The molecule has 0 unspecified atom stereocenters. The Labute approximate surface area is 140 Å². The van der Waals surface area contributed by atoms with Crippen molar-refractivity contribution in [2.75, 3.05) is 17.7 Å². The summed E-state index contributed by atoms with van der Waals surface area (Å²) in [6.07, 6.45) is -4.15. The highest BCUT2D eigenvalue weighted by atomic mass is 19.4. The minimum absolute atomic E-state index is 0.0152. The van der Waals surface area contributed by atoms with Crippen LogP contribution in [0.1, 0.15) is 18.1 Å². The zero-order valence-corrected chi connectivity index (χ0v) is 13.2. The Morgan fingerprint density at radius 3 is 2.48 bits per heavy atom. The maximum Gasteiger partial charge on any atom is 0.416 e. The summed E-state index contributed by atoms with van der Waals surface area (Å²) in [5.41, 5.74) is 5.33. The standard InChI is InChI=1S/C16H15F4N3O2/c1-9(24)22-14-13(21)8-12(17)15(23-14)25-7-6-10-2-4-11(5-3-10)16(18,19)20/h2-5,8H,6-7,21H2,1H3,(H,22,23,24). The topological polar surface area (TPSA) is 77.2 Å². The number of halogens is 4. The third-order valence-corrected chi connectivity index (χ3v) is 3.18. The van der Waals surface area contributed by atoms with Crippen LogP contribution in [0, 0.1) is 5.82 Å². The van der Waals surface area contributed by atoms with Gasteiger partial charge in [-0.25, -0.2) is 4.39 Å². The summed E-state index contributed by atoms with van der Waals surface area (Å²) in [6.45, 7) is 1.23. The summed E-state index contributed by atoms with van der Waals surface area (Å²) < 4.78 is 56.4. The number of ether oxygens (including phenoxy) is 1. The number of anilines is 2. The Kier molecular flexibility index (Phi) is 5.45. The first-order chi connectivity index (χ1) is 11.7. The van der Waals surface area contributed by atoms with Crippen LogP contribution in [-0.2, 0) is 17.4 Å². The number of alkyl halides is 3. The van der Waals surface area contributed by atoms with Gasteiger partial charge in [0.15, 0.2) is 11.6 Å². The van der Waals surface area contributed by atoms with Crippen LogP contribution in [0.5, 0.6) is 5.88 Å². The first kappa shape index (κ1) is 18.5. The minimum atomic E-state index is -4.40. The maximum atomic E-state index is 13.8. The number of amides is 1. The molecule has 1 aromatic heterocycles. The van der Waals surface area contributed by atoms with Crippen LogP contribution in [0.15, 0.2) is 30.3 Å². The van der Waals surface area contributed by atoms with E-state index in [2.05, 4.69) is 10.3 Å². The molecule has 0 aliphatic heterocycles. The van der Waals surface area contributed by atoms with Crippen molar-refractivity contribution in [1.82, 2.24) is 4.98 Å². The molecule has 134 valence electrons. The molecular formula is C16H15F4N3O2. The van der Waals surface area contributed by atoms with Gasteiger partial charge in [0.2, 0.25) is 5.91 Å². The second-order valence-electron chi connectivity index (χ2n) is 5.19. The van der Waals surface area contributed by atoms with Gasteiger partial charge in [-0.15, -0.1) is 0 Å². The van der Waals surface area contributed by atoms with E-state index < -0.39 is 23.5 Å². The summed E-state index contributed by atoms with van der Waals surface area (Å²) in [4.78, 5) is 14.8. The van der Waals surface area contributed by atoms with Gasteiger partial charge < -0.3 is 15.8 Å². The van der Waals surface area contributed by atoms with E-state index in [1.807, 2.05) is 0 Å². The van der Waals surface area contributed by atoms with Crippen LogP contribution in [0.4, 0.5) is 29.1 Å². The van der Waals surface area contributed by atoms with Crippen LogP contribution < -0.4 is 15.8 Å². The number of hydrogen-bond acceptors (Lipinski definition) is 4. The summed E-state index contributed by atoms with van der Waals surface area (Å²) in [7, 11) is 0. The lowest BCUT2D eigenvalue weighted by Gasteiger charge is -2.11. The molecule has 2 aromatic rings. The number of carbonyl (C=O) groups is 1. The molecule has 0 bridgehead atoms. The fraction of sp³-hybridized carbons (Fsp3) is 0.250. The predicted molar refractivity (Wildman–Crippen MR) is 83.6 cm³/mol. The number of pyridine rings is 1. The van der Waals surface area contributed by atoms with Crippen LogP contribution in [0.2, 0.25) is 0 Å². The molecule has 1 aromatic carbocycles. The van der Waals surface area contributed by atoms with Crippen molar-refractivity contribution < 1.29 is 27.1 Å².